The number of carbonyl (C=O) groups excluding carboxylic acids is 1. The standard InChI is InChI=1S/C14H20N2O/c1-2-14(9-6-10-16-14)13(17)15-11-12-7-4-3-5-8-12/h3-5,7-8,16H,2,6,9-11H2,1H3,(H,15,17). The van der Waals surface area contributed by atoms with E-state index in [1.807, 2.05) is 30.3 Å². The van der Waals surface area contributed by atoms with Crippen LogP contribution in [0, 0.1) is 0 Å². The van der Waals surface area contributed by atoms with Crippen LogP contribution in [0.2, 0.25) is 0 Å². The zero-order valence-electron chi connectivity index (χ0n) is 10.3. The van der Waals surface area contributed by atoms with E-state index >= 15 is 0 Å². The van der Waals surface area contributed by atoms with Crippen molar-refractivity contribution in [1.29, 1.82) is 0 Å². The third-order valence-corrected chi connectivity index (χ3v) is 3.58. The molecule has 1 heterocycles. The Morgan fingerprint density at radius 2 is 2.18 bits per heavy atom. The van der Waals surface area contributed by atoms with E-state index in [9.17, 15) is 4.79 Å². The van der Waals surface area contributed by atoms with Crippen molar-refractivity contribution in [2.24, 2.45) is 0 Å². The highest BCUT2D eigenvalue weighted by Crippen LogP contribution is 2.23. The number of nitrogens with one attached hydrogen (secondary N) is 2. The first-order chi connectivity index (χ1) is 8.27. The Morgan fingerprint density at radius 3 is 2.76 bits per heavy atom. The Balaban J connectivity index is 1.93. The fraction of sp³-hybridized carbons (Fsp3) is 0.500. The van der Waals surface area contributed by atoms with Crippen molar-refractivity contribution < 1.29 is 4.79 Å². The smallest absolute Gasteiger partial charge is 0.240 e. The first kappa shape index (κ1) is 12.1. The van der Waals surface area contributed by atoms with Crippen molar-refractivity contribution in [2.45, 2.75) is 38.3 Å². The van der Waals surface area contributed by atoms with Crippen LogP contribution in [0.3, 0.4) is 0 Å². The molecule has 0 bridgehead atoms. The highest BCUT2D eigenvalue weighted by molar-refractivity contribution is 5.86. The lowest BCUT2D eigenvalue weighted by Gasteiger charge is -2.26. The molecule has 0 radical (unpaired) electrons. The fourth-order valence-corrected chi connectivity index (χ4v) is 2.41. The maximum Gasteiger partial charge on any atom is 0.240 e. The molecule has 1 atom stereocenters. The summed E-state index contributed by atoms with van der Waals surface area (Å²) < 4.78 is 0. The van der Waals surface area contributed by atoms with Crippen LogP contribution in [0.5, 0.6) is 0 Å². The summed E-state index contributed by atoms with van der Waals surface area (Å²) in [5.74, 6) is 0.140. The third kappa shape index (κ3) is 2.67. The van der Waals surface area contributed by atoms with Crippen molar-refractivity contribution in [3.05, 3.63) is 35.9 Å². The summed E-state index contributed by atoms with van der Waals surface area (Å²) >= 11 is 0. The van der Waals surface area contributed by atoms with Gasteiger partial charge in [0.05, 0.1) is 5.54 Å². The van der Waals surface area contributed by atoms with Crippen LogP contribution in [0.4, 0.5) is 0 Å². The van der Waals surface area contributed by atoms with Gasteiger partial charge in [-0.2, -0.15) is 0 Å². The molecule has 0 aromatic heterocycles. The molecule has 1 aromatic rings. The van der Waals surface area contributed by atoms with Gasteiger partial charge in [-0.25, -0.2) is 0 Å². The molecule has 2 N–H and O–H groups in total. The van der Waals surface area contributed by atoms with Crippen molar-refractivity contribution in [3.8, 4) is 0 Å². The zero-order chi connectivity index (χ0) is 12.1. The molecule has 1 saturated heterocycles. The number of carbonyl (C=O) groups is 1. The molecule has 1 fully saturated rings. The summed E-state index contributed by atoms with van der Waals surface area (Å²) in [5.41, 5.74) is 0.819. The minimum absolute atomic E-state index is 0.140. The molecule has 3 nitrogen and oxygen atoms in total. The summed E-state index contributed by atoms with van der Waals surface area (Å²) in [7, 11) is 0. The van der Waals surface area contributed by atoms with Gasteiger partial charge in [-0.1, -0.05) is 37.3 Å². The second-order valence-corrected chi connectivity index (χ2v) is 4.63. The van der Waals surface area contributed by atoms with Crippen molar-refractivity contribution in [1.82, 2.24) is 10.6 Å². The molecule has 1 aliphatic rings. The SMILES string of the molecule is CCC1(C(=O)NCc2ccccc2)CCCN1. The van der Waals surface area contributed by atoms with Gasteiger partial charge >= 0.3 is 0 Å². The zero-order valence-corrected chi connectivity index (χ0v) is 10.3. The molecule has 92 valence electrons. The van der Waals surface area contributed by atoms with E-state index in [4.69, 9.17) is 0 Å². The number of rotatable bonds is 4. The van der Waals surface area contributed by atoms with E-state index in [1.165, 1.54) is 0 Å². The quantitative estimate of drug-likeness (QED) is 0.831. The van der Waals surface area contributed by atoms with Crippen LogP contribution in [-0.2, 0) is 11.3 Å². The van der Waals surface area contributed by atoms with Crippen LogP contribution < -0.4 is 10.6 Å². The summed E-state index contributed by atoms with van der Waals surface area (Å²) in [5, 5.41) is 6.37. The maximum atomic E-state index is 12.2. The van der Waals surface area contributed by atoms with Crippen molar-refractivity contribution in [2.75, 3.05) is 6.54 Å². The van der Waals surface area contributed by atoms with Crippen LogP contribution in [0.1, 0.15) is 31.7 Å². The molecule has 1 aliphatic heterocycles. The van der Waals surface area contributed by atoms with E-state index in [0.29, 0.717) is 6.54 Å². The molecule has 17 heavy (non-hydrogen) atoms. The Labute approximate surface area is 103 Å². The lowest BCUT2D eigenvalue weighted by molar-refractivity contribution is -0.127. The largest absolute Gasteiger partial charge is 0.350 e. The number of hydrogen-bond donors (Lipinski definition) is 2. The van der Waals surface area contributed by atoms with Gasteiger partial charge in [-0.3, -0.25) is 4.79 Å². The van der Waals surface area contributed by atoms with Crippen molar-refractivity contribution >= 4 is 5.91 Å². The van der Waals surface area contributed by atoms with Gasteiger partial charge in [0.15, 0.2) is 0 Å². The van der Waals surface area contributed by atoms with Crippen LogP contribution in [0.25, 0.3) is 0 Å². The Morgan fingerprint density at radius 1 is 1.41 bits per heavy atom. The summed E-state index contributed by atoms with van der Waals surface area (Å²) in [4.78, 5) is 12.2. The summed E-state index contributed by atoms with van der Waals surface area (Å²) in [6.07, 6.45) is 2.89. The first-order valence-electron chi connectivity index (χ1n) is 6.34. The minimum Gasteiger partial charge on any atom is -0.350 e. The molecule has 0 aliphatic carbocycles. The lowest BCUT2D eigenvalue weighted by atomic mass is 9.93. The topological polar surface area (TPSA) is 41.1 Å². The fourth-order valence-electron chi connectivity index (χ4n) is 2.41. The van der Waals surface area contributed by atoms with Gasteiger partial charge in [0.2, 0.25) is 5.91 Å². The number of hydrogen-bond acceptors (Lipinski definition) is 2. The highest BCUT2D eigenvalue weighted by Gasteiger charge is 2.38. The normalized spacial score (nSPS) is 23.6. The highest BCUT2D eigenvalue weighted by atomic mass is 16.2. The maximum absolute atomic E-state index is 12.2. The Kier molecular flexibility index (Phi) is 3.79. The van der Waals surface area contributed by atoms with Gasteiger partial charge in [0, 0.05) is 6.54 Å². The van der Waals surface area contributed by atoms with E-state index < -0.39 is 0 Å². The van der Waals surface area contributed by atoms with E-state index in [2.05, 4.69) is 17.6 Å². The van der Waals surface area contributed by atoms with Gasteiger partial charge in [-0.15, -0.1) is 0 Å². The molecule has 0 spiro atoms. The average Bonchev–Trinajstić information content (AvgIpc) is 2.87. The Hall–Kier alpha value is -1.35. The molecule has 0 saturated carbocycles. The lowest BCUT2D eigenvalue weighted by Crippen LogP contribution is -2.52. The average molecular weight is 232 g/mol. The summed E-state index contributed by atoms with van der Waals surface area (Å²) in [6, 6.07) is 10.0. The molecular weight excluding hydrogens is 212 g/mol. The predicted octanol–water partition coefficient (Wildman–Crippen LogP) is 1.83. The number of benzene rings is 1. The second kappa shape index (κ2) is 5.32. The second-order valence-electron chi connectivity index (χ2n) is 4.63. The molecule has 1 unspecified atom stereocenters. The Bertz CT molecular complexity index is 369. The first-order valence-corrected chi connectivity index (χ1v) is 6.34. The molecule has 2 rings (SSSR count). The molecule has 1 aromatic carbocycles. The third-order valence-electron chi connectivity index (χ3n) is 3.58. The van der Waals surface area contributed by atoms with Gasteiger partial charge in [-0.05, 0) is 31.4 Å². The molecule has 1 amide bonds. The van der Waals surface area contributed by atoms with E-state index in [1.54, 1.807) is 0 Å². The van der Waals surface area contributed by atoms with Gasteiger partial charge in [0.25, 0.3) is 0 Å². The molecular formula is C14H20N2O. The van der Waals surface area contributed by atoms with Gasteiger partial charge < -0.3 is 10.6 Å². The van der Waals surface area contributed by atoms with Crippen LogP contribution in [-0.4, -0.2) is 18.0 Å². The minimum atomic E-state index is -0.325. The van der Waals surface area contributed by atoms with E-state index in [-0.39, 0.29) is 11.4 Å². The summed E-state index contributed by atoms with van der Waals surface area (Å²) in [6.45, 7) is 3.64. The number of amides is 1. The van der Waals surface area contributed by atoms with Crippen molar-refractivity contribution in [3.63, 3.8) is 0 Å². The van der Waals surface area contributed by atoms with Crippen LogP contribution in [0.15, 0.2) is 30.3 Å². The van der Waals surface area contributed by atoms with Crippen LogP contribution >= 0.6 is 0 Å². The predicted molar refractivity (Wildman–Crippen MR) is 68.5 cm³/mol. The monoisotopic (exact) mass is 232 g/mol. The van der Waals surface area contributed by atoms with Gasteiger partial charge in [0.1, 0.15) is 0 Å². The van der Waals surface area contributed by atoms with E-state index in [0.717, 1.165) is 31.4 Å². The molecule has 3 heteroatoms.